The van der Waals surface area contributed by atoms with E-state index in [1.807, 2.05) is 56.3 Å². The van der Waals surface area contributed by atoms with Crippen molar-refractivity contribution < 1.29 is 13.2 Å². The Morgan fingerprint density at radius 2 is 1.66 bits per heavy atom. The smallest absolute Gasteiger partial charge is 0.264 e. The van der Waals surface area contributed by atoms with Crippen LogP contribution in [0.2, 0.25) is 0 Å². The lowest BCUT2D eigenvalue weighted by Crippen LogP contribution is -2.26. The minimum Gasteiger partial charge on any atom is -0.345 e. The molecular formula is C25H24N2O3S2. The standard InChI is InChI=1S/C25H24N2O3S2/c1-17-9-12-22(13-10-17)32(29,30)27(3)21-11-14-23-20(15-21)16-24(31-23)25(28)26-18(2)19-7-5-4-6-8-19/h4-16,18H,1-3H3,(H,26,28)/t18-/m0/s1. The van der Waals surface area contributed by atoms with Crippen LogP contribution in [0.1, 0.15) is 33.8 Å². The van der Waals surface area contributed by atoms with Gasteiger partial charge in [-0.2, -0.15) is 0 Å². The average molecular weight is 465 g/mol. The molecule has 0 spiro atoms. The normalized spacial score (nSPS) is 12.5. The minimum atomic E-state index is -3.68. The highest BCUT2D eigenvalue weighted by Gasteiger charge is 2.22. The van der Waals surface area contributed by atoms with E-state index in [0.29, 0.717) is 10.6 Å². The van der Waals surface area contributed by atoms with Crippen molar-refractivity contribution in [1.82, 2.24) is 5.32 Å². The van der Waals surface area contributed by atoms with E-state index in [4.69, 9.17) is 0 Å². The molecule has 32 heavy (non-hydrogen) atoms. The van der Waals surface area contributed by atoms with Crippen LogP contribution >= 0.6 is 11.3 Å². The molecule has 1 heterocycles. The number of benzene rings is 3. The Bertz CT molecular complexity index is 1360. The fraction of sp³-hybridized carbons (Fsp3) is 0.160. The maximum Gasteiger partial charge on any atom is 0.264 e. The predicted octanol–water partition coefficient (Wildman–Crippen LogP) is 5.53. The fourth-order valence-corrected chi connectivity index (χ4v) is 5.57. The van der Waals surface area contributed by atoms with Gasteiger partial charge < -0.3 is 5.32 Å². The SMILES string of the molecule is Cc1ccc(S(=O)(=O)N(C)c2ccc3sc(C(=O)N[C@@H](C)c4ccccc4)cc3c2)cc1. The number of hydrogen-bond donors (Lipinski definition) is 1. The Balaban J connectivity index is 1.57. The zero-order chi connectivity index (χ0) is 22.9. The van der Waals surface area contributed by atoms with E-state index >= 15 is 0 Å². The molecule has 1 amide bonds. The van der Waals surface area contributed by atoms with Crippen LogP contribution in [0.3, 0.4) is 0 Å². The van der Waals surface area contributed by atoms with Crippen molar-refractivity contribution >= 4 is 43.0 Å². The third kappa shape index (κ3) is 4.40. The number of thiophene rings is 1. The Morgan fingerprint density at radius 3 is 2.34 bits per heavy atom. The summed E-state index contributed by atoms with van der Waals surface area (Å²) in [4.78, 5) is 13.6. The zero-order valence-electron chi connectivity index (χ0n) is 18.1. The second-order valence-electron chi connectivity index (χ2n) is 7.72. The molecule has 0 aliphatic rings. The van der Waals surface area contributed by atoms with Crippen molar-refractivity contribution in [2.24, 2.45) is 0 Å². The first-order valence-electron chi connectivity index (χ1n) is 10.2. The summed E-state index contributed by atoms with van der Waals surface area (Å²) in [5.74, 6) is -0.148. The number of carbonyl (C=O) groups excluding carboxylic acids is 1. The number of nitrogens with one attached hydrogen (secondary N) is 1. The largest absolute Gasteiger partial charge is 0.345 e. The van der Waals surface area contributed by atoms with Gasteiger partial charge in [0.1, 0.15) is 0 Å². The van der Waals surface area contributed by atoms with Crippen LogP contribution in [0.15, 0.2) is 83.8 Å². The Morgan fingerprint density at radius 1 is 0.969 bits per heavy atom. The monoisotopic (exact) mass is 464 g/mol. The van der Waals surface area contributed by atoms with Crippen molar-refractivity contribution in [2.45, 2.75) is 24.8 Å². The number of carbonyl (C=O) groups is 1. The van der Waals surface area contributed by atoms with Crippen molar-refractivity contribution in [3.63, 3.8) is 0 Å². The molecular weight excluding hydrogens is 440 g/mol. The van der Waals surface area contributed by atoms with E-state index in [-0.39, 0.29) is 16.8 Å². The van der Waals surface area contributed by atoms with Gasteiger partial charge in [0.25, 0.3) is 15.9 Å². The van der Waals surface area contributed by atoms with Crippen LogP contribution in [0.25, 0.3) is 10.1 Å². The summed E-state index contributed by atoms with van der Waals surface area (Å²) in [6, 6.07) is 23.7. The van der Waals surface area contributed by atoms with Crippen LogP contribution < -0.4 is 9.62 Å². The van der Waals surface area contributed by atoms with E-state index in [9.17, 15) is 13.2 Å². The first-order chi connectivity index (χ1) is 15.3. The predicted molar refractivity (Wildman–Crippen MR) is 131 cm³/mol. The lowest BCUT2D eigenvalue weighted by Gasteiger charge is -2.19. The number of rotatable bonds is 6. The Kier molecular flexibility index (Phi) is 6.04. The van der Waals surface area contributed by atoms with Gasteiger partial charge in [0.05, 0.1) is 21.5 Å². The molecule has 0 bridgehead atoms. The van der Waals surface area contributed by atoms with E-state index in [0.717, 1.165) is 21.2 Å². The maximum atomic E-state index is 13.0. The molecule has 7 heteroatoms. The van der Waals surface area contributed by atoms with Crippen LogP contribution in [-0.2, 0) is 10.0 Å². The Labute approximate surface area is 192 Å². The quantitative estimate of drug-likeness (QED) is 0.408. The van der Waals surface area contributed by atoms with Crippen molar-refractivity contribution in [1.29, 1.82) is 0 Å². The van der Waals surface area contributed by atoms with Gasteiger partial charge in [0.2, 0.25) is 0 Å². The highest BCUT2D eigenvalue weighted by atomic mass is 32.2. The van der Waals surface area contributed by atoms with Crippen molar-refractivity contribution in [2.75, 3.05) is 11.4 Å². The molecule has 0 aliphatic carbocycles. The third-order valence-corrected chi connectivity index (χ3v) is 8.33. The van der Waals surface area contributed by atoms with Crippen molar-refractivity contribution in [3.8, 4) is 0 Å². The summed E-state index contributed by atoms with van der Waals surface area (Å²) in [6.45, 7) is 3.86. The number of sulfonamides is 1. The summed E-state index contributed by atoms with van der Waals surface area (Å²) in [5, 5.41) is 3.86. The molecule has 0 unspecified atom stereocenters. The van der Waals surface area contributed by atoms with Gasteiger partial charge >= 0.3 is 0 Å². The van der Waals surface area contributed by atoms with E-state index < -0.39 is 10.0 Å². The molecule has 4 rings (SSSR count). The number of hydrogen-bond acceptors (Lipinski definition) is 4. The van der Waals surface area contributed by atoms with E-state index in [1.165, 1.54) is 22.7 Å². The molecule has 164 valence electrons. The van der Waals surface area contributed by atoms with E-state index in [2.05, 4.69) is 5.32 Å². The second-order valence-corrected chi connectivity index (χ2v) is 10.8. The lowest BCUT2D eigenvalue weighted by molar-refractivity contribution is 0.0944. The second kappa shape index (κ2) is 8.76. The molecule has 1 aromatic heterocycles. The van der Waals surface area contributed by atoms with Crippen molar-refractivity contribution in [3.05, 3.63) is 94.9 Å². The molecule has 3 aromatic carbocycles. The van der Waals surface area contributed by atoms with Crippen LogP contribution in [0, 0.1) is 6.92 Å². The number of anilines is 1. The molecule has 4 aromatic rings. The van der Waals surface area contributed by atoms with Gasteiger partial charge in [-0.25, -0.2) is 8.42 Å². The zero-order valence-corrected chi connectivity index (χ0v) is 19.7. The molecule has 0 saturated carbocycles. The molecule has 0 aliphatic heterocycles. The summed E-state index contributed by atoms with van der Waals surface area (Å²) < 4.78 is 28.2. The highest BCUT2D eigenvalue weighted by molar-refractivity contribution is 7.92. The van der Waals surface area contributed by atoms with Gasteiger partial charge in [0, 0.05) is 11.7 Å². The number of fused-ring (bicyclic) bond motifs is 1. The van der Waals surface area contributed by atoms with Crippen LogP contribution in [-0.4, -0.2) is 21.4 Å². The van der Waals surface area contributed by atoms with Gasteiger partial charge in [-0.1, -0.05) is 48.0 Å². The molecule has 5 nitrogen and oxygen atoms in total. The Hall–Kier alpha value is -3.16. The van der Waals surface area contributed by atoms with Gasteiger partial charge in [-0.3, -0.25) is 9.10 Å². The summed E-state index contributed by atoms with van der Waals surface area (Å²) >= 11 is 1.39. The number of aryl methyl sites for hydroxylation is 1. The van der Waals surface area contributed by atoms with Gasteiger partial charge in [-0.15, -0.1) is 11.3 Å². The third-order valence-electron chi connectivity index (χ3n) is 5.41. The summed E-state index contributed by atoms with van der Waals surface area (Å²) in [5.41, 5.74) is 2.58. The van der Waals surface area contributed by atoms with Crippen LogP contribution in [0.4, 0.5) is 5.69 Å². The van der Waals surface area contributed by atoms with E-state index in [1.54, 1.807) is 36.4 Å². The maximum absolute atomic E-state index is 13.0. The summed E-state index contributed by atoms with van der Waals surface area (Å²) in [7, 11) is -2.14. The number of amides is 1. The molecule has 0 radical (unpaired) electrons. The minimum absolute atomic E-state index is 0.116. The molecule has 1 atom stereocenters. The topological polar surface area (TPSA) is 66.5 Å². The number of nitrogens with zero attached hydrogens (tertiary/aromatic N) is 1. The molecule has 0 saturated heterocycles. The lowest BCUT2D eigenvalue weighted by atomic mass is 10.1. The fourth-order valence-electron chi connectivity index (χ4n) is 3.44. The highest BCUT2D eigenvalue weighted by Crippen LogP contribution is 2.31. The first kappa shape index (κ1) is 22.0. The summed E-state index contributed by atoms with van der Waals surface area (Å²) in [6.07, 6.45) is 0. The van der Waals surface area contributed by atoms with Gasteiger partial charge in [-0.05, 0) is 61.2 Å². The average Bonchev–Trinajstić information content (AvgIpc) is 3.23. The van der Waals surface area contributed by atoms with Crippen LogP contribution in [0.5, 0.6) is 0 Å². The molecule has 0 fully saturated rings. The molecule has 1 N–H and O–H groups in total. The van der Waals surface area contributed by atoms with Gasteiger partial charge in [0.15, 0.2) is 0 Å². The first-order valence-corrected chi connectivity index (χ1v) is 12.5.